The van der Waals surface area contributed by atoms with Gasteiger partial charge in [0.2, 0.25) is 0 Å². The van der Waals surface area contributed by atoms with Gasteiger partial charge in [0, 0.05) is 33.3 Å². The number of fused-ring (bicyclic) bond motifs is 2. The first-order valence-corrected chi connectivity index (χ1v) is 12.0. The Morgan fingerprint density at radius 1 is 0.879 bits per heavy atom. The summed E-state index contributed by atoms with van der Waals surface area (Å²) in [7, 11) is 7.91. The third-order valence-electron chi connectivity index (χ3n) is 5.79. The van der Waals surface area contributed by atoms with Crippen molar-refractivity contribution in [1.29, 1.82) is 0 Å². The highest BCUT2D eigenvalue weighted by Crippen LogP contribution is 2.48. The second-order valence-corrected chi connectivity index (χ2v) is 10.2. The lowest BCUT2D eigenvalue weighted by Gasteiger charge is -2.35. The molecule has 7 heteroatoms. The topological polar surface area (TPSA) is 21.7 Å². The third kappa shape index (κ3) is 5.90. The van der Waals surface area contributed by atoms with Gasteiger partial charge in [0.05, 0.1) is 46.2 Å². The number of anilines is 2. The predicted octanol–water partition coefficient (Wildman–Crippen LogP) is 3.63. The molecule has 1 aliphatic rings. The maximum atomic E-state index is 6.35. The van der Waals surface area contributed by atoms with E-state index in [0.717, 1.165) is 47.1 Å². The number of para-hydroxylation sites is 1. The molecule has 0 fully saturated rings. The molecular formula is C26H30Cl2N2O2S. The number of benzene rings is 3. The summed E-state index contributed by atoms with van der Waals surface area (Å²) in [6.45, 7) is 2.92. The summed E-state index contributed by atoms with van der Waals surface area (Å²) >= 11 is 8.17. The number of hydrogen-bond acceptors (Lipinski definition) is 4. The number of ether oxygens (including phenoxy) is 2. The van der Waals surface area contributed by atoms with Crippen molar-refractivity contribution >= 4 is 34.7 Å². The number of hydrogen-bond donors (Lipinski definition) is 0. The van der Waals surface area contributed by atoms with Crippen LogP contribution in [0.5, 0.6) is 11.5 Å². The van der Waals surface area contributed by atoms with Crippen molar-refractivity contribution in [3.05, 3.63) is 71.2 Å². The van der Waals surface area contributed by atoms with Gasteiger partial charge in [0.15, 0.2) is 11.5 Å². The predicted molar refractivity (Wildman–Crippen MR) is 134 cm³/mol. The molecule has 0 bridgehead atoms. The Labute approximate surface area is 212 Å². The summed E-state index contributed by atoms with van der Waals surface area (Å²) in [6, 6.07) is 21.0. The van der Waals surface area contributed by atoms with Gasteiger partial charge in [-0.1, -0.05) is 35.5 Å². The molecule has 4 nitrogen and oxygen atoms in total. The molecular weight excluding hydrogens is 475 g/mol. The zero-order valence-corrected chi connectivity index (χ0v) is 21.8. The lowest BCUT2D eigenvalue weighted by atomic mass is 10.1. The van der Waals surface area contributed by atoms with E-state index in [0.29, 0.717) is 0 Å². The molecule has 176 valence electrons. The van der Waals surface area contributed by atoms with Crippen molar-refractivity contribution in [2.75, 3.05) is 46.3 Å². The summed E-state index contributed by atoms with van der Waals surface area (Å²) in [5.41, 5.74) is 3.70. The largest absolute Gasteiger partial charge is 1.00 e. The van der Waals surface area contributed by atoms with Crippen LogP contribution in [-0.2, 0) is 6.54 Å². The molecule has 0 amide bonds. The molecule has 0 radical (unpaired) electrons. The van der Waals surface area contributed by atoms with E-state index in [9.17, 15) is 0 Å². The summed E-state index contributed by atoms with van der Waals surface area (Å²) in [5.74, 6) is 1.54. The van der Waals surface area contributed by atoms with Crippen molar-refractivity contribution in [2.24, 2.45) is 0 Å². The smallest absolute Gasteiger partial charge is 0.161 e. The molecule has 0 saturated heterocycles. The van der Waals surface area contributed by atoms with E-state index >= 15 is 0 Å². The fourth-order valence-corrected chi connectivity index (χ4v) is 5.49. The molecule has 1 heterocycles. The first kappa shape index (κ1) is 25.6. The van der Waals surface area contributed by atoms with Crippen LogP contribution >= 0.6 is 23.4 Å². The zero-order chi connectivity index (χ0) is 22.7. The van der Waals surface area contributed by atoms with Crippen LogP contribution < -0.4 is 26.8 Å². The van der Waals surface area contributed by atoms with Gasteiger partial charge >= 0.3 is 0 Å². The SMILES string of the molecule is COc1ccc(C[N+](C)(C)CCCN2c3ccccc3Sc3ccc(Cl)cc32)cc1OC.[Cl-]. The Bertz CT molecular complexity index is 1110. The minimum Gasteiger partial charge on any atom is -1.00 e. The Kier molecular flexibility index (Phi) is 8.46. The maximum absolute atomic E-state index is 6.35. The molecule has 1 aliphatic heterocycles. The molecule has 0 spiro atoms. The molecule has 0 atom stereocenters. The zero-order valence-electron chi connectivity index (χ0n) is 19.5. The van der Waals surface area contributed by atoms with Crippen molar-refractivity contribution in [3.63, 3.8) is 0 Å². The number of halogens is 2. The van der Waals surface area contributed by atoms with Crippen LogP contribution in [0.25, 0.3) is 0 Å². The van der Waals surface area contributed by atoms with Crippen LogP contribution in [0.15, 0.2) is 70.5 Å². The second kappa shape index (κ2) is 10.9. The Hall–Kier alpha value is -2.05. The Balaban J connectivity index is 0.00000306. The van der Waals surface area contributed by atoms with Gasteiger partial charge in [-0.3, -0.25) is 0 Å². The molecule has 0 N–H and O–H groups in total. The van der Waals surface area contributed by atoms with E-state index in [-0.39, 0.29) is 12.4 Å². The highest BCUT2D eigenvalue weighted by molar-refractivity contribution is 7.99. The Morgan fingerprint density at radius 3 is 2.36 bits per heavy atom. The van der Waals surface area contributed by atoms with Crippen LogP contribution in [0.1, 0.15) is 12.0 Å². The minimum absolute atomic E-state index is 0. The van der Waals surface area contributed by atoms with Gasteiger partial charge in [-0.25, -0.2) is 0 Å². The molecule has 0 saturated carbocycles. The van der Waals surface area contributed by atoms with Crippen LogP contribution in [0.4, 0.5) is 11.4 Å². The van der Waals surface area contributed by atoms with Crippen molar-refractivity contribution in [2.45, 2.75) is 22.8 Å². The van der Waals surface area contributed by atoms with Gasteiger partial charge < -0.3 is 31.3 Å². The average Bonchev–Trinajstić information content (AvgIpc) is 2.78. The maximum Gasteiger partial charge on any atom is 0.161 e. The van der Waals surface area contributed by atoms with Crippen LogP contribution in [-0.4, -0.2) is 45.9 Å². The van der Waals surface area contributed by atoms with Crippen LogP contribution in [0, 0.1) is 0 Å². The van der Waals surface area contributed by atoms with E-state index in [1.165, 1.54) is 26.7 Å². The van der Waals surface area contributed by atoms with Gasteiger partial charge in [0.25, 0.3) is 0 Å². The number of nitrogens with zero attached hydrogens (tertiary/aromatic N) is 2. The average molecular weight is 506 g/mol. The van der Waals surface area contributed by atoms with Gasteiger partial charge in [-0.2, -0.15) is 0 Å². The second-order valence-electron chi connectivity index (χ2n) is 8.69. The van der Waals surface area contributed by atoms with E-state index in [1.54, 1.807) is 14.2 Å². The van der Waals surface area contributed by atoms with E-state index in [1.807, 2.05) is 23.9 Å². The standard InChI is InChI=1S/C26H30ClN2O2S.ClH/c1-29(2,18-19-10-12-23(30-3)24(16-19)31-4)15-7-14-28-21-8-5-6-9-25(21)32-26-13-11-20(27)17-22(26)28;/h5-6,8-13,16-17H,7,14-15,18H2,1-4H3;1H/q+1;/p-1. The van der Waals surface area contributed by atoms with Gasteiger partial charge in [-0.15, -0.1) is 0 Å². The molecule has 4 rings (SSSR count). The summed E-state index contributed by atoms with van der Waals surface area (Å²) < 4.78 is 11.7. The van der Waals surface area contributed by atoms with Crippen molar-refractivity contribution in [1.82, 2.24) is 0 Å². The molecule has 0 aliphatic carbocycles. The number of methoxy groups -OCH3 is 2. The monoisotopic (exact) mass is 504 g/mol. The lowest BCUT2D eigenvalue weighted by Crippen LogP contribution is -3.00. The minimum atomic E-state index is 0. The lowest BCUT2D eigenvalue weighted by molar-refractivity contribution is -0.903. The van der Waals surface area contributed by atoms with Crippen molar-refractivity contribution < 1.29 is 26.4 Å². The molecule has 0 aromatic heterocycles. The molecule has 3 aromatic carbocycles. The van der Waals surface area contributed by atoms with Crippen molar-refractivity contribution in [3.8, 4) is 11.5 Å². The molecule has 33 heavy (non-hydrogen) atoms. The van der Waals surface area contributed by atoms with E-state index in [4.69, 9.17) is 21.1 Å². The highest BCUT2D eigenvalue weighted by Gasteiger charge is 2.24. The quantitative estimate of drug-likeness (QED) is 0.436. The number of quaternary nitrogens is 1. The third-order valence-corrected chi connectivity index (χ3v) is 7.16. The normalized spacial score (nSPS) is 12.5. The molecule has 0 unspecified atom stereocenters. The van der Waals surface area contributed by atoms with Gasteiger partial charge in [0.1, 0.15) is 6.54 Å². The fraction of sp³-hybridized carbons (Fsp3) is 0.308. The van der Waals surface area contributed by atoms with Gasteiger partial charge in [-0.05, 0) is 48.5 Å². The number of rotatable bonds is 8. The Morgan fingerprint density at radius 2 is 1.61 bits per heavy atom. The van der Waals surface area contributed by atoms with Crippen LogP contribution in [0.2, 0.25) is 5.02 Å². The van der Waals surface area contributed by atoms with E-state index < -0.39 is 0 Å². The summed E-state index contributed by atoms with van der Waals surface area (Å²) in [5, 5.41) is 0.776. The first-order chi connectivity index (χ1) is 15.4. The fourth-order valence-electron chi connectivity index (χ4n) is 4.25. The summed E-state index contributed by atoms with van der Waals surface area (Å²) in [4.78, 5) is 4.97. The van der Waals surface area contributed by atoms with E-state index in [2.05, 4.69) is 67.5 Å². The first-order valence-electron chi connectivity index (χ1n) is 10.8. The van der Waals surface area contributed by atoms with Crippen LogP contribution in [0.3, 0.4) is 0 Å². The molecule has 3 aromatic rings. The summed E-state index contributed by atoms with van der Waals surface area (Å²) in [6.07, 6.45) is 1.06. The highest BCUT2D eigenvalue weighted by atomic mass is 35.5.